The summed E-state index contributed by atoms with van der Waals surface area (Å²) >= 11 is 5.75. The molecule has 0 saturated heterocycles. The first kappa shape index (κ1) is 14.9. The van der Waals surface area contributed by atoms with Gasteiger partial charge in [-0.3, -0.25) is 5.10 Å². The molecular formula is C13H13ClN4O3. The molecule has 0 radical (unpaired) electrons. The topological polar surface area (TPSA) is 107 Å². The Morgan fingerprint density at radius 2 is 2.19 bits per heavy atom. The maximum absolute atomic E-state index is 11.8. The Hall–Kier alpha value is -2.54. The lowest BCUT2D eigenvalue weighted by atomic mass is 10.2. The zero-order chi connectivity index (χ0) is 15.4. The highest BCUT2D eigenvalue weighted by atomic mass is 35.5. The number of carbonyl (C=O) groups excluding carboxylic acids is 1. The quantitative estimate of drug-likeness (QED) is 0.695. The fourth-order valence-corrected chi connectivity index (χ4v) is 1.87. The van der Waals surface area contributed by atoms with E-state index >= 15 is 0 Å². The molecule has 8 heteroatoms. The minimum Gasteiger partial charge on any atom is -0.478 e. The smallest absolute Gasteiger partial charge is 0.337 e. The van der Waals surface area contributed by atoms with Crippen LogP contribution in [0.3, 0.4) is 0 Å². The van der Waals surface area contributed by atoms with Crippen LogP contribution in [0.15, 0.2) is 24.4 Å². The van der Waals surface area contributed by atoms with Gasteiger partial charge in [-0.1, -0.05) is 11.6 Å². The fourth-order valence-electron chi connectivity index (χ4n) is 1.67. The summed E-state index contributed by atoms with van der Waals surface area (Å²) in [6.45, 7) is 2.16. The zero-order valence-corrected chi connectivity index (χ0v) is 11.9. The number of aromatic amines is 1. The predicted molar refractivity (Wildman–Crippen MR) is 77.6 cm³/mol. The van der Waals surface area contributed by atoms with Crippen LogP contribution in [-0.2, 0) is 6.54 Å². The maximum Gasteiger partial charge on any atom is 0.337 e. The minimum absolute atomic E-state index is 0.0693. The summed E-state index contributed by atoms with van der Waals surface area (Å²) in [7, 11) is 0. The number of anilines is 1. The number of hydrogen-bond acceptors (Lipinski definition) is 3. The van der Waals surface area contributed by atoms with Crippen LogP contribution in [0.2, 0.25) is 5.02 Å². The zero-order valence-electron chi connectivity index (χ0n) is 11.1. The Bertz CT molecular complexity index is 684. The lowest BCUT2D eigenvalue weighted by Gasteiger charge is -2.08. The number of carboxylic acid groups (broad SMARTS) is 1. The van der Waals surface area contributed by atoms with Gasteiger partial charge < -0.3 is 15.7 Å². The van der Waals surface area contributed by atoms with Gasteiger partial charge >= 0.3 is 12.0 Å². The van der Waals surface area contributed by atoms with Crippen LogP contribution >= 0.6 is 11.6 Å². The van der Waals surface area contributed by atoms with Gasteiger partial charge in [-0.25, -0.2) is 9.59 Å². The van der Waals surface area contributed by atoms with Crippen LogP contribution in [0.5, 0.6) is 0 Å². The van der Waals surface area contributed by atoms with Crippen molar-refractivity contribution in [3.63, 3.8) is 0 Å². The van der Waals surface area contributed by atoms with Crippen molar-refractivity contribution in [2.45, 2.75) is 13.5 Å². The number of carboxylic acids is 1. The Kier molecular flexibility index (Phi) is 4.44. The van der Waals surface area contributed by atoms with Crippen LogP contribution in [0.4, 0.5) is 10.5 Å². The fraction of sp³-hybridized carbons (Fsp3) is 0.154. The number of nitrogens with one attached hydrogen (secondary N) is 3. The number of urea groups is 1. The average molecular weight is 309 g/mol. The third kappa shape index (κ3) is 3.73. The molecule has 2 aromatic rings. The number of aromatic nitrogens is 2. The number of hydrogen-bond donors (Lipinski definition) is 4. The van der Waals surface area contributed by atoms with E-state index in [1.54, 1.807) is 6.20 Å². The Morgan fingerprint density at radius 1 is 1.43 bits per heavy atom. The summed E-state index contributed by atoms with van der Waals surface area (Å²) in [5.74, 6) is -1.15. The van der Waals surface area contributed by atoms with Gasteiger partial charge in [0, 0.05) is 23.5 Å². The minimum atomic E-state index is -1.15. The number of halogens is 1. The van der Waals surface area contributed by atoms with Crippen molar-refractivity contribution >= 4 is 29.3 Å². The largest absolute Gasteiger partial charge is 0.478 e. The number of aryl methyl sites for hydroxylation is 1. The summed E-state index contributed by atoms with van der Waals surface area (Å²) < 4.78 is 0. The molecule has 0 saturated carbocycles. The number of H-pyrrole nitrogens is 1. The van der Waals surface area contributed by atoms with Crippen molar-refractivity contribution in [1.29, 1.82) is 0 Å². The molecule has 1 aromatic carbocycles. The van der Waals surface area contributed by atoms with Gasteiger partial charge in [-0.15, -0.1) is 0 Å². The molecule has 21 heavy (non-hydrogen) atoms. The van der Waals surface area contributed by atoms with Crippen LogP contribution in [0.25, 0.3) is 0 Å². The first-order valence-corrected chi connectivity index (χ1v) is 6.41. The number of rotatable bonds is 4. The number of aromatic carboxylic acids is 1. The molecule has 7 nitrogen and oxygen atoms in total. The molecule has 0 aliphatic rings. The molecular weight excluding hydrogens is 296 g/mol. The van der Waals surface area contributed by atoms with Crippen molar-refractivity contribution in [2.75, 3.05) is 5.32 Å². The molecule has 2 amide bonds. The number of carbonyl (C=O) groups is 2. The van der Waals surface area contributed by atoms with Crippen LogP contribution < -0.4 is 10.6 Å². The maximum atomic E-state index is 11.8. The second kappa shape index (κ2) is 6.27. The molecule has 0 aliphatic heterocycles. The van der Waals surface area contributed by atoms with E-state index in [1.807, 2.05) is 6.92 Å². The van der Waals surface area contributed by atoms with Gasteiger partial charge in [0.25, 0.3) is 0 Å². The summed E-state index contributed by atoms with van der Waals surface area (Å²) in [5.41, 5.74) is 2.01. The standard InChI is InChI=1S/C13H13ClN4O3/c1-7-8(6-16-18-7)5-15-13(21)17-9-2-3-11(14)10(4-9)12(19)20/h2-4,6H,5H2,1H3,(H,16,18)(H,19,20)(H2,15,17,21). The SMILES string of the molecule is Cc1[nH]ncc1CNC(=O)Nc1ccc(Cl)c(C(=O)O)c1. The first-order valence-electron chi connectivity index (χ1n) is 6.04. The molecule has 2 rings (SSSR count). The van der Waals surface area contributed by atoms with Gasteiger partial charge in [0.05, 0.1) is 16.8 Å². The van der Waals surface area contributed by atoms with E-state index in [2.05, 4.69) is 20.8 Å². The van der Waals surface area contributed by atoms with Gasteiger partial charge in [0.1, 0.15) is 0 Å². The molecule has 0 aliphatic carbocycles. The Labute approximate surface area is 125 Å². The van der Waals surface area contributed by atoms with E-state index in [4.69, 9.17) is 16.7 Å². The number of amides is 2. The van der Waals surface area contributed by atoms with Gasteiger partial charge in [-0.2, -0.15) is 5.10 Å². The molecule has 1 heterocycles. The lowest BCUT2D eigenvalue weighted by Crippen LogP contribution is -2.28. The van der Waals surface area contributed by atoms with Gasteiger partial charge in [0.15, 0.2) is 0 Å². The van der Waals surface area contributed by atoms with Gasteiger partial charge in [0.2, 0.25) is 0 Å². The summed E-state index contributed by atoms with van der Waals surface area (Å²) in [5, 5.41) is 20.9. The van der Waals surface area contributed by atoms with E-state index in [0.717, 1.165) is 11.3 Å². The van der Waals surface area contributed by atoms with Crippen molar-refractivity contribution in [2.24, 2.45) is 0 Å². The molecule has 0 bridgehead atoms. The van der Waals surface area contributed by atoms with Crippen LogP contribution in [-0.4, -0.2) is 27.3 Å². The summed E-state index contributed by atoms with van der Waals surface area (Å²) in [6.07, 6.45) is 1.63. The molecule has 0 atom stereocenters. The van der Waals surface area contributed by atoms with Crippen LogP contribution in [0.1, 0.15) is 21.6 Å². The average Bonchev–Trinajstić information content (AvgIpc) is 2.84. The normalized spacial score (nSPS) is 10.2. The molecule has 0 spiro atoms. The second-order valence-electron chi connectivity index (χ2n) is 4.33. The summed E-state index contributed by atoms with van der Waals surface area (Å²) in [6, 6.07) is 3.79. The van der Waals surface area contributed by atoms with E-state index in [9.17, 15) is 9.59 Å². The summed E-state index contributed by atoms with van der Waals surface area (Å²) in [4.78, 5) is 22.7. The highest BCUT2D eigenvalue weighted by Crippen LogP contribution is 2.20. The molecule has 1 aromatic heterocycles. The predicted octanol–water partition coefficient (Wildman–Crippen LogP) is 2.39. The van der Waals surface area contributed by atoms with E-state index in [1.165, 1.54) is 18.2 Å². The van der Waals surface area contributed by atoms with E-state index in [-0.39, 0.29) is 10.6 Å². The lowest BCUT2D eigenvalue weighted by molar-refractivity contribution is 0.0697. The first-order chi connectivity index (χ1) is 9.97. The number of nitrogens with zero attached hydrogens (tertiary/aromatic N) is 1. The van der Waals surface area contributed by atoms with E-state index in [0.29, 0.717) is 12.2 Å². The third-order valence-electron chi connectivity index (χ3n) is 2.83. The molecule has 4 N–H and O–H groups in total. The Balaban J connectivity index is 1.98. The highest BCUT2D eigenvalue weighted by Gasteiger charge is 2.11. The van der Waals surface area contributed by atoms with Gasteiger partial charge in [-0.05, 0) is 25.1 Å². The van der Waals surface area contributed by atoms with Crippen LogP contribution in [0, 0.1) is 6.92 Å². The molecule has 0 unspecified atom stereocenters. The Morgan fingerprint density at radius 3 is 2.81 bits per heavy atom. The van der Waals surface area contributed by atoms with Crippen molar-refractivity contribution in [3.8, 4) is 0 Å². The van der Waals surface area contributed by atoms with Crippen molar-refractivity contribution < 1.29 is 14.7 Å². The third-order valence-corrected chi connectivity index (χ3v) is 3.16. The number of benzene rings is 1. The van der Waals surface area contributed by atoms with Crippen molar-refractivity contribution in [3.05, 3.63) is 46.2 Å². The highest BCUT2D eigenvalue weighted by molar-refractivity contribution is 6.33. The van der Waals surface area contributed by atoms with Crippen molar-refractivity contribution in [1.82, 2.24) is 15.5 Å². The molecule has 110 valence electrons. The molecule has 0 fully saturated rings. The second-order valence-corrected chi connectivity index (χ2v) is 4.73. The monoisotopic (exact) mass is 308 g/mol. The van der Waals surface area contributed by atoms with E-state index < -0.39 is 12.0 Å².